The third kappa shape index (κ3) is 4.77. The highest BCUT2D eigenvalue weighted by atomic mass is 32.2. The zero-order valence-electron chi connectivity index (χ0n) is 10.6. The molecule has 106 valence electrons. The molecular weight excluding hydrogens is 262 g/mol. The molecule has 1 saturated heterocycles. The minimum atomic E-state index is -3.95. The van der Waals surface area contributed by atoms with Crippen LogP contribution in [0.15, 0.2) is 0 Å². The van der Waals surface area contributed by atoms with Crippen molar-refractivity contribution >= 4 is 16.3 Å². The van der Waals surface area contributed by atoms with Crippen LogP contribution in [0.2, 0.25) is 0 Å². The van der Waals surface area contributed by atoms with Crippen LogP contribution in [0, 0.1) is 0 Å². The predicted octanol–water partition coefficient (Wildman–Crippen LogP) is -1.06. The molecule has 0 aromatic rings. The molecule has 8 nitrogen and oxygen atoms in total. The first-order chi connectivity index (χ1) is 8.34. The molecule has 0 spiro atoms. The summed E-state index contributed by atoms with van der Waals surface area (Å²) in [5.41, 5.74) is 0. The van der Waals surface area contributed by atoms with E-state index in [0.29, 0.717) is 13.1 Å². The van der Waals surface area contributed by atoms with Crippen molar-refractivity contribution in [2.75, 3.05) is 20.2 Å². The second-order valence-corrected chi connectivity index (χ2v) is 5.66. The number of nitrogens with one attached hydrogen (secondary N) is 3. The Kier molecular flexibility index (Phi) is 5.32. The van der Waals surface area contributed by atoms with Crippen LogP contribution < -0.4 is 14.8 Å². The molecule has 18 heavy (non-hydrogen) atoms. The Morgan fingerprint density at radius 3 is 2.61 bits per heavy atom. The normalized spacial score (nSPS) is 24.2. The molecule has 1 aliphatic rings. The lowest BCUT2D eigenvalue weighted by Gasteiger charge is -2.18. The fourth-order valence-corrected chi connectivity index (χ4v) is 2.56. The van der Waals surface area contributed by atoms with E-state index in [0.717, 1.165) is 0 Å². The van der Waals surface area contributed by atoms with Crippen molar-refractivity contribution in [2.45, 2.75) is 32.1 Å². The fraction of sp³-hybridized carbons (Fsp3) is 0.889. The first kappa shape index (κ1) is 15.2. The zero-order chi connectivity index (χ0) is 13.8. The summed E-state index contributed by atoms with van der Waals surface area (Å²) in [6, 6.07) is -0.417. The number of methoxy groups -OCH3 is 1. The maximum Gasteiger partial charge on any atom is 0.422 e. The lowest BCUT2D eigenvalue weighted by molar-refractivity contribution is 0.102. The van der Waals surface area contributed by atoms with Crippen LogP contribution in [-0.2, 0) is 19.7 Å². The van der Waals surface area contributed by atoms with Crippen molar-refractivity contribution in [3.63, 3.8) is 0 Å². The standard InChI is InChI=1S/C9H19N3O5S/c1-6(2)17-9(13)12-18(14,15)11-7-4-10-5-8(7)16-3/h6-8,10-11H,4-5H2,1-3H3,(H,12,13)/t7?,8-/m0/s1. The number of carbonyl (C=O) groups is 1. The summed E-state index contributed by atoms with van der Waals surface area (Å²) in [4.78, 5) is 11.2. The molecule has 0 saturated carbocycles. The van der Waals surface area contributed by atoms with Gasteiger partial charge in [-0.3, -0.25) is 0 Å². The molecule has 3 N–H and O–H groups in total. The maximum absolute atomic E-state index is 11.6. The van der Waals surface area contributed by atoms with E-state index in [4.69, 9.17) is 4.74 Å². The van der Waals surface area contributed by atoms with E-state index >= 15 is 0 Å². The Labute approximate surface area is 107 Å². The van der Waals surface area contributed by atoms with Gasteiger partial charge in [0.2, 0.25) is 0 Å². The van der Waals surface area contributed by atoms with Crippen molar-refractivity contribution in [1.29, 1.82) is 0 Å². The molecule has 9 heteroatoms. The van der Waals surface area contributed by atoms with Gasteiger partial charge >= 0.3 is 16.3 Å². The molecule has 0 radical (unpaired) electrons. The monoisotopic (exact) mass is 281 g/mol. The summed E-state index contributed by atoms with van der Waals surface area (Å²) in [6.45, 7) is 4.25. The van der Waals surface area contributed by atoms with Crippen LogP contribution in [0.3, 0.4) is 0 Å². The molecule has 2 atom stereocenters. The van der Waals surface area contributed by atoms with Crippen LogP contribution in [-0.4, -0.2) is 53.0 Å². The number of ether oxygens (including phenoxy) is 2. The summed E-state index contributed by atoms with van der Waals surface area (Å²) in [5.74, 6) is 0. The van der Waals surface area contributed by atoms with E-state index in [9.17, 15) is 13.2 Å². The Morgan fingerprint density at radius 2 is 2.06 bits per heavy atom. The van der Waals surface area contributed by atoms with Gasteiger partial charge in [0.25, 0.3) is 0 Å². The molecule has 0 aliphatic carbocycles. The summed E-state index contributed by atoms with van der Waals surface area (Å²) in [6.07, 6.45) is -1.65. The van der Waals surface area contributed by atoms with E-state index < -0.39 is 22.3 Å². The number of carbonyl (C=O) groups excluding carboxylic acids is 1. The average molecular weight is 281 g/mol. The molecule has 1 aliphatic heterocycles. The lowest BCUT2D eigenvalue weighted by Crippen LogP contribution is -2.50. The molecule has 0 aromatic heterocycles. The quantitative estimate of drug-likeness (QED) is 0.593. The summed E-state index contributed by atoms with van der Waals surface area (Å²) >= 11 is 0. The van der Waals surface area contributed by atoms with E-state index in [1.54, 1.807) is 18.6 Å². The Balaban J connectivity index is 2.51. The molecular formula is C9H19N3O5S. The molecule has 1 rings (SSSR count). The third-order valence-electron chi connectivity index (χ3n) is 2.33. The van der Waals surface area contributed by atoms with Gasteiger partial charge in [-0.2, -0.15) is 13.1 Å². The van der Waals surface area contributed by atoms with Crippen molar-refractivity contribution in [3.05, 3.63) is 0 Å². The van der Waals surface area contributed by atoms with E-state index in [-0.39, 0.29) is 12.2 Å². The Morgan fingerprint density at radius 1 is 1.39 bits per heavy atom. The molecule has 0 bridgehead atoms. The van der Waals surface area contributed by atoms with E-state index in [2.05, 4.69) is 14.8 Å². The lowest BCUT2D eigenvalue weighted by atomic mass is 10.2. The van der Waals surface area contributed by atoms with E-state index in [1.807, 2.05) is 0 Å². The highest BCUT2D eigenvalue weighted by Crippen LogP contribution is 2.04. The van der Waals surface area contributed by atoms with Gasteiger partial charge in [0.15, 0.2) is 0 Å². The molecule has 1 heterocycles. The summed E-state index contributed by atoms with van der Waals surface area (Å²) < 4.78 is 37.2. The largest absolute Gasteiger partial charge is 0.446 e. The zero-order valence-corrected chi connectivity index (χ0v) is 11.4. The van der Waals surface area contributed by atoms with Crippen molar-refractivity contribution in [1.82, 2.24) is 14.8 Å². The summed E-state index contributed by atoms with van der Waals surface area (Å²) in [7, 11) is -2.45. The van der Waals surface area contributed by atoms with Gasteiger partial charge in [-0.15, -0.1) is 0 Å². The fourth-order valence-electron chi connectivity index (χ4n) is 1.60. The third-order valence-corrected chi connectivity index (χ3v) is 3.38. The van der Waals surface area contributed by atoms with Gasteiger partial charge in [0.1, 0.15) is 0 Å². The molecule has 1 fully saturated rings. The van der Waals surface area contributed by atoms with Gasteiger partial charge in [0, 0.05) is 20.2 Å². The number of hydrogen-bond acceptors (Lipinski definition) is 6. The first-order valence-corrected chi connectivity index (χ1v) is 7.06. The van der Waals surface area contributed by atoms with Gasteiger partial charge in [0.05, 0.1) is 18.2 Å². The molecule has 1 unspecified atom stereocenters. The number of hydrogen-bond donors (Lipinski definition) is 3. The minimum absolute atomic E-state index is 0.261. The van der Waals surface area contributed by atoms with Gasteiger partial charge in [-0.1, -0.05) is 0 Å². The van der Waals surface area contributed by atoms with Crippen molar-refractivity contribution < 1.29 is 22.7 Å². The van der Waals surface area contributed by atoms with Gasteiger partial charge in [-0.25, -0.2) is 9.52 Å². The number of amides is 1. The second kappa shape index (κ2) is 6.32. The van der Waals surface area contributed by atoms with Crippen molar-refractivity contribution in [2.24, 2.45) is 0 Å². The van der Waals surface area contributed by atoms with Crippen LogP contribution in [0.25, 0.3) is 0 Å². The smallest absolute Gasteiger partial charge is 0.422 e. The van der Waals surface area contributed by atoms with Crippen LogP contribution in [0.5, 0.6) is 0 Å². The van der Waals surface area contributed by atoms with Crippen LogP contribution >= 0.6 is 0 Å². The number of rotatable bonds is 5. The Bertz CT molecular complexity index is 384. The molecule has 1 amide bonds. The molecule has 0 aromatic carbocycles. The highest BCUT2D eigenvalue weighted by Gasteiger charge is 2.31. The first-order valence-electron chi connectivity index (χ1n) is 5.58. The predicted molar refractivity (Wildman–Crippen MR) is 64.3 cm³/mol. The van der Waals surface area contributed by atoms with Gasteiger partial charge < -0.3 is 14.8 Å². The van der Waals surface area contributed by atoms with Crippen LogP contribution in [0.4, 0.5) is 4.79 Å². The second-order valence-electron chi connectivity index (χ2n) is 4.22. The SMILES string of the molecule is CO[C@H]1CNCC1NS(=O)(=O)NC(=O)OC(C)C. The maximum atomic E-state index is 11.6. The minimum Gasteiger partial charge on any atom is -0.446 e. The Hall–Kier alpha value is -0.900. The topological polar surface area (TPSA) is 106 Å². The average Bonchev–Trinajstić information content (AvgIpc) is 2.61. The highest BCUT2D eigenvalue weighted by molar-refractivity contribution is 7.88. The van der Waals surface area contributed by atoms with Gasteiger partial charge in [-0.05, 0) is 13.8 Å². The van der Waals surface area contributed by atoms with Crippen molar-refractivity contribution in [3.8, 4) is 0 Å². The van der Waals surface area contributed by atoms with Crippen LogP contribution in [0.1, 0.15) is 13.8 Å². The van der Waals surface area contributed by atoms with E-state index in [1.165, 1.54) is 7.11 Å². The summed E-state index contributed by atoms with van der Waals surface area (Å²) in [5, 5.41) is 2.99.